The third kappa shape index (κ3) is 2.54. The first-order chi connectivity index (χ1) is 7.49. The summed E-state index contributed by atoms with van der Waals surface area (Å²) in [6.07, 6.45) is 6.69. The van der Waals surface area contributed by atoms with Crippen LogP contribution < -0.4 is 0 Å². The number of hydrogen-bond acceptors (Lipinski definition) is 2. The van der Waals surface area contributed by atoms with Crippen molar-refractivity contribution in [2.45, 2.75) is 51.9 Å². The summed E-state index contributed by atoms with van der Waals surface area (Å²) in [6, 6.07) is 0. The Balaban J connectivity index is 2.83. The Morgan fingerprint density at radius 2 is 1.31 bits per heavy atom. The van der Waals surface area contributed by atoms with Gasteiger partial charge in [-0.1, -0.05) is 32.1 Å². The van der Waals surface area contributed by atoms with Crippen molar-refractivity contribution in [3.63, 3.8) is 0 Å². The summed E-state index contributed by atoms with van der Waals surface area (Å²) in [5.74, 6) is -2.64. The third-order valence-corrected chi connectivity index (χ3v) is 3.81. The summed E-state index contributed by atoms with van der Waals surface area (Å²) < 4.78 is 0. The minimum Gasteiger partial charge on any atom is -0.480 e. The van der Waals surface area contributed by atoms with E-state index in [1.165, 1.54) is 13.3 Å². The molecule has 0 radical (unpaired) electrons. The summed E-state index contributed by atoms with van der Waals surface area (Å²) in [4.78, 5) is 22.4. The Labute approximate surface area is 95.7 Å². The van der Waals surface area contributed by atoms with Gasteiger partial charge < -0.3 is 10.2 Å². The van der Waals surface area contributed by atoms with E-state index in [2.05, 4.69) is 0 Å². The molecule has 0 saturated heterocycles. The maximum atomic E-state index is 11.2. The normalized spacial score (nSPS) is 19.8. The van der Waals surface area contributed by atoms with Crippen LogP contribution in [0.5, 0.6) is 0 Å². The molecule has 1 aliphatic carbocycles. The number of carboxylic acids is 2. The standard InChI is InChI=1S/C12H20O4/c1-12(10(13)14,11(15)16)9-7-5-3-2-4-6-8-9/h9H,2-8H2,1H3,(H,13,14)(H,15,16). The predicted octanol–water partition coefficient (Wildman–Crippen LogP) is 2.52. The van der Waals surface area contributed by atoms with Crippen LogP contribution in [0.15, 0.2) is 0 Å². The van der Waals surface area contributed by atoms with Gasteiger partial charge in [-0.2, -0.15) is 0 Å². The molecular formula is C12H20O4. The highest BCUT2D eigenvalue weighted by atomic mass is 16.4. The molecular weight excluding hydrogens is 208 g/mol. The summed E-state index contributed by atoms with van der Waals surface area (Å²) >= 11 is 0. The Kier molecular flexibility index (Phi) is 4.33. The largest absolute Gasteiger partial charge is 0.480 e. The Morgan fingerprint density at radius 1 is 0.938 bits per heavy atom. The first-order valence-corrected chi connectivity index (χ1v) is 5.96. The smallest absolute Gasteiger partial charge is 0.321 e. The molecule has 1 rings (SSSR count). The lowest BCUT2D eigenvalue weighted by molar-refractivity contribution is -0.168. The molecule has 0 atom stereocenters. The fourth-order valence-electron chi connectivity index (χ4n) is 2.47. The molecule has 4 heteroatoms. The Hall–Kier alpha value is -1.06. The average molecular weight is 228 g/mol. The predicted molar refractivity (Wildman–Crippen MR) is 59.2 cm³/mol. The van der Waals surface area contributed by atoms with Crippen molar-refractivity contribution in [3.8, 4) is 0 Å². The zero-order chi connectivity index (χ0) is 12.2. The number of hydrogen-bond donors (Lipinski definition) is 2. The number of carboxylic acid groups (broad SMARTS) is 2. The number of aliphatic carboxylic acids is 2. The van der Waals surface area contributed by atoms with Gasteiger partial charge in [0.2, 0.25) is 0 Å². The molecule has 2 N–H and O–H groups in total. The maximum absolute atomic E-state index is 11.2. The molecule has 1 fully saturated rings. The fraction of sp³-hybridized carbons (Fsp3) is 0.833. The van der Waals surface area contributed by atoms with Gasteiger partial charge in [0.05, 0.1) is 0 Å². The van der Waals surface area contributed by atoms with Crippen molar-refractivity contribution >= 4 is 11.9 Å². The van der Waals surface area contributed by atoms with E-state index in [-0.39, 0.29) is 5.92 Å². The molecule has 0 amide bonds. The first-order valence-electron chi connectivity index (χ1n) is 5.96. The van der Waals surface area contributed by atoms with E-state index >= 15 is 0 Å². The zero-order valence-corrected chi connectivity index (χ0v) is 9.74. The highest BCUT2D eigenvalue weighted by Crippen LogP contribution is 2.37. The molecule has 0 aromatic rings. The van der Waals surface area contributed by atoms with Crippen LogP contribution in [-0.2, 0) is 9.59 Å². The Morgan fingerprint density at radius 3 is 1.69 bits per heavy atom. The van der Waals surface area contributed by atoms with Crippen LogP contribution in [0.4, 0.5) is 0 Å². The van der Waals surface area contributed by atoms with E-state index in [0.29, 0.717) is 0 Å². The Bertz CT molecular complexity index is 250. The second-order valence-corrected chi connectivity index (χ2v) is 4.85. The molecule has 0 heterocycles. The van der Waals surface area contributed by atoms with E-state index in [4.69, 9.17) is 10.2 Å². The van der Waals surface area contributed by atoms with Crippen LogP contribution in [0.3, 0.4) is 0 Å². The third-order valence-electron chi connectivity index (χ3n) is 3.81. The molecule has 92 valence electrons. The molecule has 1 saturated carbocycles. The fourth-order valence-corrected chi connectivity index (χ4v) is 2.47. The van der Waals surface area contributed by atoms with E-state index < -0.39 is 17.4 Å². The van der Waals surface area contributed by atoms with Crippen molar-refractivity contribution in [2.75, 3.05) is 0 Å². The van der Waals surface area contributed by atoms with Gasteiger partial charge in [0.1, 0.15) is 0 Å². The quantitative estimate of drug-likeness (QED) is 0.728. The van der Waals surface area contributed by atoms with Crippen LogP contribution in [0.25, 0.3) is 0 Å². The maximum Gasteiger partial charge on any atom is 0.321 e. The molecule has 0 spiro atoms. The van der Waals surface area contributed by atoms with Gasteiger partial charge in [-0.3, -0.25) is 9.59 Å². The summed E-state index contributed by atoms with van der Waals surface area (Å²) in [5, 5.41) is 18.3. The van der Waals surface area contributed by atoms with E-state index in [1.54, 1.807) is 0 Å². The van der Waals surface area contributed by atoms with Crippen LogP contribution >= 0.6 is 0 Å². The van der Waals surface area contributed by atoms with Gasteiger partial charge in [-0.15, -0.1) is 0 Å². The van der Waals surface area contributed by atoms with Gasteiger partial charge >= 0.3 is 11.9 Å². The van der Waals surface area contributed by atoms with Gasteiger partial charge in [0.15, 0.2) is 5.41 Å². The lowest BCUT2D eigenvalue weighted by Gasteiger charge is -2.31. The van der Waals surface area contributed by atoms with E-state index in [0.717, 1.165) is 38.5 Å². The monoisotopic (exact) mass is 228 g/mol. The highest BCUT2D eigenvalue weighted by molar-refractivity contribution is 5.98. The average Bonchev–Trinajstić information content (AvgIpc) is 2.15. The van der Waals surface area contributed by atoms with Crippen LogP contribution in [-0.4, -0.2) is 22.2 Å². The van der Waals surface area contributed by atoms with Gasteiger partial charge in [0.25, 0.3) is 0 Å². The topological polar surface area (TPSA) is 74.6 Å². The second kappa shape index (κ2) is 5.32. The lowest BCUT2D eigenvalue weighted by Crippen LogP contribution is -2.43. The molecule has 0 bridgehead atoms. The minimum atomic E-state index is -1.61. The van der Waals surface area contributed by atoms with Gasteiger partial charge in [-0.25, -0.2) is 0 Å². The van der Waals surface area contributed by atoms with Crippen molar-refractivity contribution in [1.29, 1.82) is 0 Å². The summed E-state index contributed by atoms with van der Waals surface area (Å²) in [7, 11) is 0. The summed E-state index contributed by atoms with van der Waals surface area (Å²) in [6.45, 7) is 1.35. The molecule has 0 aliphatic heterocycles. The molecule has 16 heavy (non-hydrogen) atoms. The summed E-state index contributed by atoms with van der Waals surface area (Å²) in [5.41, 5.74) is -1.61. The van der Waals surface area contributed by atoms with Crippen molar-refractivity contribution in [3.05, 3.63) is 0 Å². The van der Waals surface area contributed by atoms with Crippen molar-refractivity contribution in [1.82, 2.24) is 0 Å². The highest BCUT2D eigenvalue weighted by Gasteiger charge is 2.48. The second-order valence-electron chi connectivity index (χ2n) is 4.85. The number of carbonyl (C=O) groups is 2. The van der Waals surface area contributed by atoms with Gasteiger partial charge in [0, 0.05) is 0 Å². The molecule has 0 aromatic carbocycles. The first kappa shape index (κ1) is 13.0. The molecule has 0 aromatic heterocycles. The number of rotatable bonds is 3. The zero-order valence-electron chi connectivity index (χ0n) is 9.74. The molecule has 1 aliphatic rings. The van der Waals surface area contributed by atoms with Crippen molar-refractivity contribution in [2.24, 2.45) is 11.3 Å². The molecule has 4 nitrogen and oxygen atoms in total. The van der Waals surface area contributed by atoms with E-state index in [9.17, 15) is 9.59 Å². The van der Waals surface area contributed by atoms with E-state index in [1.807, 2.05) is 0 Å². The minimum absolute atomic E-state index is 0.234. The van der Waals surface area contributed by atoms with Crippen molar-refractivity contribution < 1.29 is 19.8 Å². The van der Waals surface area contributed by atoms with Crippen LogP contribution in [0.1, 0.15) is 51.9 Å². The van der Waals surface area contributed by atoms with Crippen LogP contribution in [0, 0.1) is 11.3 Å². The van der Waals surface area contributed by atoms with Gasteiger partial charge in [-0.05, 0) is 25.7 Å². The molecule has 0 unspecified atom stereocenters. The SMILES string of the molecule is CC(C(=O)O)(C(=O)O)C1CCCCCCC1. The van der Waals surface area contributed by atoms with Crippen LogP contribution in [0.2, 0.25) is 0 Å². The lowest BCUT2D eigenvalue weighted by atomic mass is 9.71.